The first-order chi connectivity index (χ1) is 9.87. The summed E-state index contributed by atoms with van der Waals surface area (Å²) >= 11 is 6.19. The zero-order chi connectivity index (χ0) is 15.3. The molecule has 21 heavy (non-hydrogen) atoms. The van der Waals surface area contributed by atoms with Crippen molar-refractivity contribution in [1.82, 2.24) is 0 Å². The fourth-order valence-electron chi connectivity index (χ4n) is 4.71. The van der Waals surface area contributed by atoms with Crippen molar-refractivity contribution in [3.63, 3.8) is 0 Å². The van der Waals surface area contributed by atoms with E-state index < -0.39 is 0 Å². The topological polar surface area (TPSA) is 21.3 Å². The van der Waals surface area contributed by atoms with Gasteiger partial charge in [0.15, 0.2) is 0 Å². The summed E-state index contributed by atoms with van der Waals surface area (Å²) in [5.74, 6) is 1.74. The van der Waals surface area contributed by atoms with Gasteiger partial charge in [0.2, 0.25) is 0 Å². The van der Waals surface area contributed by atoms with E-state index in [4.69, 9.17) is 16.3 Å². The van der Waals surface area contributed by atoms with Crippen molar-refractivity contribution in [3.05, 3.63) is 23.2 Å². The second-order valence-corrected chi connectivity index (χ2v) is 8.00. The lowest BCUT2D eigenvalue weighted by atomic mass is 9.68. The van der Waals surface area contributed by atoms with Gasteiger partial charge in [-0.2, -0.15) is 0 Å². The SMILES string of the molecule is CCOc1ccc(Cl)cc1NC1C2(C)CCC(C2)C1(C)C. The van der Waals surface area contributed by atoms with E-state index in [0.29, 0.717) is 23.5 Å². The van der Waals surface area contributed by atoms with Gasteiger partial charge in [0.25, 0.3) is 0 Å². The molecular weight excluding hydrogens is 282 g/mol. The van der Waals surface area contributed by atoms with Gasteiger partial charge in [0.1, 0.15) is 5.75 Å². The molecule has 0 amide bonds. The van der Waals surface area contributed by atoms with Crippen LogP contribution in [0.4, 0.5) is 5.69 Å². The average molecular weight is 308 g/mol. The number of ether oxygens (including phenoxy) is 1. The van der Waals surface area contributed by atoms with Crippen LogP contribution in [0.2, 0.25) is 5.02 Å². The Morgan fingerprint density at radius 1 is 1.33 bits per heavy atom. The largest absolute Gasteiger partial charge is 0.492 e. The first-order valence-corrected chi connectivity index (χ1v) is 8.43. The Labute approximate surface area is 133 Å². The Hall–Kier alpha value is -0.890. The summed E-state index contributed by atoms with van der Waals surface area (Å²) in [6.07, 6.45) is 4.03. The van der Waals surface area contributed by atoms with E-state index in [0.717, 1.165) is 22.4 Å². The third kappa shape index (κ3) is 2.42. The molecular formula is C18H26ClNO. The van der Waals surface area contributed by atoms with Crippen LogP contribution >= 0.6 is 11.6 Å². The molecule has 2 aliphatic carbocycles. The van der Waals surface area contributed by atoms with Crippen LogP contribution in [0.25, 0.3) is 0 Å². The standard InChI is InChI=1S/C18H26ClNO/c1-5-21-15-7-6-13(19)10-14(15)20-16-17(2,3)12-8-9-18(16,4)11-12/h6-7,10,12,16,20H,5,8-9,11H2,1-4H3. The molecule has 0 aromatic heterocycles. The number of anilines is 1. The summed E-state index contributed by atoms with van der Waals surface area (Å²) in [6, 6.07) is 6.33. The summed E-state index contributed by atoms with van der Waals surface area (Å²) in [6.45, 7) is 9.94. The zero-order valence-electron chi connectivity index (χ0n) is 13.5. The van der Waals surface area contributed by atoms with Crippen molar-refractivity contribution in [2.24, 2.45) is 16.7 Å². The number of rotatable bonds is 4. The summed E-state index contributed by atoms with van der Waals surface area (Å²) < 4.78 is 5.76. The van der Waals surface area contributed by atoms with E-state index >= 15 is 0 Å². The van der Waals surface area contributed by atoms with Crippen LogP contribution in [-0.2, 0) is 0 Å². The number of fused-ring (bicyclic) bond motifs is 2. The first-order valence-electron chi connectivity index (χ1n) is 8.06. The van der Waals surface area contributed by atoms with E-state index in [1.807, 2.05) is 25.1 Å². The van der Waals surface area contributed by atoms with Gasteiger partial charge in [0, 0.05) is 11.1 Å². The van der Waals surface area contributed by atoms with Gasteiger partial charge >= 0.3 is 0 Å². The summed E-state index contributed by atoms with van der Waals surface area (Å²) in [4.78, 5) is 0. The molecule has 2 aliphatic rings. The molecule has 2 saturated carbocycles. The Morgan fingerprint density at radius 2 is 2.10 bits per heavy atom. The highest BCUT2D eigenvalue weighted by Gasteiger charge is 2.59. The highest BCUT2D eigenvalue weighted by molar-refractivity contribution is 6.30. The molecule has 3 unspecified atom stereocenters. The molecule has 3 rings (SSSR count). The summed E-state index contributed by atoms with van der Waals surface area (Å²) in [5, 5.41) is 4.54. The van der Waals surface area contributed by atoms with Crippen molar-refractivity contribution >= 4 is 17.3 Å². The second-order valence-electron chi connectivity index (χ2n) is 7.57. The first kappa shape index (κ1) is 15.0. The van der Waals surface area contributed by atoms with E-state index in [2.05, 4.69) is 26.1 Å². The summed E-state index contributed by atoms with van der Waals surface area (Å²) in [5.41, 5.74) is 1.75. The number of benzene rings is 1. The Balaban J connectivity index is 1.91. The molecule has 2 bridgehead atoms. The van der Waals surface area contributed by atoms with Crippen LogP contribution in [0.5, 0.6) is 5.75 Å². The highest BCUT2D eigenvalue weighted by Crippen LogP contribution is 2.63. The Kier molecular flexibility index (Phi) is 3.64. The van der Waals surface area contributed by atoms with E-state index in [1.165, 1.54) is 19.3 Å². The summed E-state index contributed by atoms with van der Waals surface area (Å²) in [7, 11) is 0. The quantitative estimate of drug-likeness (QED) is 0.808. The van der Waals surface area contributed by atoms with Gasteiger partial charge in [-0.1, -0.05) is 32.4 Å². The van der Waals surface area contributed by atoms with Crippen LogP contribution < -0.4 is 10.1 Å². The average Bonchev–Trinajstić information content (AvgIpc) is 2.89. The molecule has 116 valence electrons. The van der Waals surface area contributed by atoms with Crippen molar-refractivity contribution < 1.29 is 4.74 Å². The Bertz CT molecular complexity index is 537. The maximum atomic E-state index is 6.19. The molecule has 1 aromatic carbocycles. The van der Waals surface area contributed by atoms with Gasteiger partial charge in [-0.3, -0.25) is 0 Å². The maximum absolute atomic E-state index is 6.19. The van der Waals surface area contributed by atoms with Gasteiger partial charge in [0.05, 0.1) is 12.3 Å². The molecule has 1 N–H and O–H groups in total. The van der Waals surface area contributed by atoms with Crippen molar-refractivity contribution in [2.45, 2.75) is 53.0 Å². The molecule has 1 aromatic rings. The minimum absolute atomic E-state index is 0.318. The molecule has 0 aliphatic heterocycles. The lowest BCUT2D eigenvalue weighted by molar-refractivity contribution is 0.155. The molecule has 0 radical (unpaired) electrons. The predicted molar refractivity (Wildman–Crippen MR) is 89.3 cm³/mol. The van der Waals surface area contributed by atoms with Crippen LogP contribution in [0.3, 0.4) is 0 Å². The minimum Gasteiger partial charge on any atom is -0.492 e. The van der Waals surface area contributed by atoms with Crippen LogP contribution in [0.1, 0.15) is 47.0 Å². The number of halogens is 1. The molecule has 3 heteroatoms. The third-order valence-electron chi connectivity index (χ3n) is 5.81. The van der Waals surface area contributed by atoms with Crippen LogP contribution in [-0.4, -0.2) is 12.6 Å². The normalized spacial score (nSPS) is 33.2. The lowest BCUT2D eigenvalue weighted by Crippen LogP contribution is -2.45. The van der Waals surface area contributed by atoms with Crippen molar-refractivity contribution in [3.8, 4) is 5.75 Å². The van der Waals surface area contributed by atoms with Gasteiger partial charge in [-0.25, -0.2) is 0 Å². The van der Waals surface area contributed by atoms with Crippen molar-refractivity contribution in [1.29, 1.82) is 0 Å². The highest BCUT2D eigenvalue weighted by atomic mass is 35.5. The second kappa shape index (κ2) is 5.08. The minimum atomic E-state index is 0.318. The predicted octanol–water partition coefficient (Wildman–Crippen LogP) is 5.37. The monoisotopic (exact) mass is 307 g/mol. The van der Waals surface area contributed by atoms with Gasteiger partial charge in [-0.05, 0) is 61.1 Å². The van der Waals surface area contributed by atoms with Gasteiger partial charge in [-0.15, -0.1) is 0 Å². The number of hydrogen-bond donors (Lipinski definition) is 1. The lowest BCUT2D eigenvalue weighted by Gasteiger charge is -2.43. The van der Waals surface area contributed by atoms with Crippen molar-refractivity contribution in [2.75, 3.05) is 11.9 Å². The van der Waals surface area contributed by atoms with Crippen LogP contribution in [0.15, 0.2) is 18.2 Å². The van der Waals surface area contributed by atoms with E-state index in [9.17, 15) is 0 Å². The Morgan fingerprint density at radius 3 is 2.71 bits per heavy atom. The molecule has 0 saturated heterocycles. The molecule has 0 spiro atoms. The fraction of sp³-hybridized carbons (Fsp3) is 0.667. The molecule has 3 atom stereocenters. The molecule has 2 fully saturated rings. The van der Waals surface area contributed by atoms with E-state index in [1.54, 1.807) is 0 Å². The zero-order valence-corrected chi connectivity index (χ0v) is 14.3. The fourth-order valence-corrected chi connectivity index (χ4v) is 4.89. The number of nitrogens with one attached hydrogen (secondary N) is 1. The molecule has 2 nitrogen and oxygen atoms in total. The molecule has 0 heterocycles. The number of hydrogen-bond acceptors (Lipinski definition) is 2. The maximum Gasteiger partial charge on any atom is 0.142 e. The third-order valence-corrected chi connectivity index (χ3v) is 6.05. The van der Waals surface area contributed by atoms with Crippen LogP contribution in [0, 0.1) is 16.7 Å². The van der Waals surface area contributed by atoms with Gasteiger partial charge < -0.3 is 10.1 Å². The smallest absolute Gasteiger partial charge is 0.142 e. The van der Waals surface area contributed by atoms with E-state index in [-0.39, 0.29) is 0 Å².